The van der Waals surface area contributed by atoms with Gasteiger partial charge in [-0.2, -0.15) is 0 Å². The lowest BCUT2D eigenvalue weighted by molar-refractivity contribution is -0.363. The van der Waals surface area contributed by atoms with Crippen molar-refractivity contribution in [3.8, 4) is 0 Å². The molecule has 16 heteroatoms. The summed E-state index contributed by atoms with van der Waals surface area (Å²) in [4.78, 5) is 0. The van der Waals surface area contributed by atoms with E-state index in [9.17, 15) is 56.2 Å². The lowest BCUT2D eigenvalue weighted by atomic mass is 9.97. The maximum absolute atomic E-state index is 10.4. The van der Waals surface area contributed by atoms with E-state index in [2.05, 4.69) is 0 Å². The van der Waals surface area contributed by atoms with E-state index in [1.807, 2.05) is 0 Å². The van der Waals surface area contributed by atoms with Gasteiger partial charge in [0.25, 0.3) is 0 Å². The predicted molar refractivity (Wildman–Crippen MR) is 101 cm³/mol. The Kier molecular flexibility index (Phi) is 9.54. The van der Waals surface area contributed by atoms with Crippen LogP contribution >= 0.6 is 0 Å². The third-order valence-electron chi connectivity index (χ3n) is 6.07. The van der Waals surface area contributed by atoms with E-state index in [1.54, 1.807) is 0 Å². The van der Waals surface area contributed by atoms with Gasteiger partial charge in [-0.3, -0.25) is 0 Å². The lowest BCUT2D eigenvalue weighted by Gasteiger charge is -2.46. The van der Waals surface area contributed by atoms with Crippen molar-refractivity contribution in [1.82, 2.24) is 0 Å². The zero-order valence-corrected chi connectivity index (χ0v) is 17.7. The minimum atomic E-state index is -1.91. The standard InChI is InChI=1S/C18H32O16/c19-1-4-7(21)9(23)13(27)17(32-4)30-3-6-15(11(25)12(26)16(29)31-6)34-18-14(28)10(24)8(22)5(2-20)33-18/h4-29H,1-3H2/t4-,5-,6-,7+,8+,9+,10+,11-,12-,13-,14-,15-,16-,17-,18+/m1/s1. The second-order valence-corrected chi connectivity index (χ2v) is 8.37. The van der Waals surface area contributed by atoms with Crippen LogP contribution in [0.5, 0.6) is 0 Å². The second kappa shape index (κ2) is 11.6. The van der Waals surface area contributed by atoms with Crippen molar-refractivity contribution in [3.63, 3.8) is 0 Å². The average molecular weight is 504 g/mol. The molecule has 3 aliphatic rings. The Morgan fingerprint density at radius 3 is 1.53 bits per heavy atom. The molecule has 3 saturated heterocycles. The molecule has 0 aromatic carbocycles. The molecule has 15 atom stereocenters. The van der Waals surface area contributed by atoms with Crippen molar-refractivity contribution in [3.05, 3.63) is 0 Å². The molecule has 3 heterocycles. The van der Waals surface area contributed by atoms with E-state index in [0.717, 1.165) is 0 Å². The molecule has 0 aromatic rings. The third-order valence-corrected chi connectivity index (χ3v) is 6.07. The van der Waals surface area contributed by atoms with Crippen molar-refractivity contribution in [2.75, 3.05) is 19.8 Å². The Hall–Kier alpha value is -0.640. The van der Waals surface area contributed by atoms with Crippen LogP contribution in [-0.4, -0.2) is 168 Å². The molecule has 3 aliphatic heterocycles. The number of hydrogen-bond donors (Lipinski definition) is 11. The highest BCUT2D eigenvalue weighted by atomic mass is 16.7. The van der Waals surface area contributed by atoms with Gasteiger partial charge in [-0.1, -0.05) is 0 Å². The van der Waals surface area contributed by atoms with Gasteiger partial charge in [-0.05, 0) is 0 Å². The fourth-order valence-electron chi connectivity index (χ4n) is 3.95. The number of aliphatic hydroxyl groups excluding tert-OH is 11. The Bertz CT molecular complexity index is 637. The fraction of sp³-hybridized carbons (Fsp3) is 1.00. The summed E-state index contributed by atoms with van der Waals surface area (Å²) in [7, 11) is 0. The molecule has 16 nitrogen and oxygen atoms in total. The van der Waals surface area contributed by atoms with E-state index < -0.39 is 112 Å². The first kappa shape index (κ1) is 27.9. The first-order valence-corrected chi connectivity index (χ1v) is 10.6. The maximum Gasteiger partial charge on any atom is 0.187 e. The predicted octanol–water partition coefficient (Wildman–Crippen LogP) is -7.57. The van der Waals surface area contributed by atoms with Gasteiger partial charge in [0.1, 0.15) is 73.2 Å². The van der Waals surface area contributed by atoms with Crippen LogP contribution in [-0.2, 0) is 23.7 Å². The molecule has 0 aromatic heterocycles. The molecule has 3 rings (SSSR count). The van der Waals surface area contributed by atoms with Gasteiger partial charge in [0.15, 0.2) is 18.9 Å². The van der Waals surface area contributed by atoms with Crippen LogP contribution in [0.2, 0.25) is 0 Å². The number of hydrogen-bond acceptors (Lipinski definition) is 16. The minimum Gasteiger partial charge on any atom is -0.394 e. The Morgan fingerprint density at radius 1 is 0.500 bits per heavy atom. The highest BCUT2D eigenvalue weighted by Crippen LogP contribution is 2.30. The second-order valence-electron chi connectivity index (χ2n) is 8.37. The van der Waals surface area contributed by atoms with Gasteiger partial charge < -0.3 is 79.9 Å². The van der Waals surface area contributed by atoms with E-state index in [-0.39, 0.29) is 0 Å². The van der Waals surface area contributed by atoms with E-state index in [1.165, 1.54) is 0 Å². The van der Waals surface area contributed by atoms with Crippen molar-refractivity contribution < 1.29 is 79.9 Å². The van der Waals surface area contributed by atoms with Crippen LogP contribution in [0.3, 0.4) is 0 Å². The normalized spacial score (nSPS) is 52.5. The largest absolute Gasteiger partial charge is 0.394 e. The summed E-state index contributed by atoms with van der Waals surface area (Å²) in [5.41, 5.74) is 0. The van der Waals surface area contributed by atoms with Crippen molar-refractivity contribution >= 4 is 0 Å². The van der Waals surface area contributed by atoms with Gasteiger partial charge in [0.05, 0.1) is 19.8 Å². The molecule has 0 amide bonds. The minimum absolute atomic E-state index is 0.619. The Balaban J connectivity index is 1.72. The monoisotopic (exact) mass is 504 g/mol. The van der Waals surface area contributed by atoms with Crippen molar-refractivity contribution in [2.24, 2.45) is 0 Å². The Morgan fingerprint density at radius 2 is 1.00 bits per heavy atom. The van der Waals surface area contributed by atoms with Crippen LogP contribution < -0.4 is 0 Å². The average Bonchev–Trinajstić information content (AvgIpc) is 2.82. The van der Waals surface area contributed by atoms with Gasteiger partial charge in [-0.25, -0.2) is 0 Å². The summed E-state index contributed by atoms with van der Waals surface area (Å²) in [5.74, 6) is 0. The van der Waals surface area contributed by atoms with Crippen LogP contribution in [0.1, 0.15) is 0 Å². The molecule has 0 bridgehead atoms. The van der Waals surface area contributed by atoms with Crippen LogP contribution in [0.25, 0.3) is 0 Å². The van der Waals surface area contributed by atoms with Gasteiger partial charge in [-0.15, -0.1) is 0 Å². The molecular weight excluding hydrogens is 472 g/mol. The SMILES string of the molecule is OC[C@H]1O[C@@H](OC[C@H]2O[C@@H](O)[C@H](O)[C@@H](O)[C@@H]2O[C@@H]2O[C@H](CO)[C@H](O)[C@H](O)[C@H]2O)[C@H](O)[C@@H](O)[C@H]1O. The van der Waals surface area contributed by atoms with E-state index in [0.29, 0.717) is 0 Å². The fourth-order valence-corrected chi connectivity index (χ4v) is 3.95. The summed E-state index contributed by atoms with van der Waals surface area (Å²) >= 11 is 0. The molecule has 0 spiro atoms. The number of aliphatic hydroxyl groups is 11. The molecule has 11 N–H and O–H groups in total. The highest BCUT2D eigenvalue weighted by molar-refractivity contribution is 4.94. The molecule has 34 heavy (non-hydrogen) atoms. The summed E-state index contributed by atoms with van der Waals surface area (Å²) in [6, 6.07) is 0. The van der Waals surface area contributed by atoms with Gasteiger partial charge in [0, 0.05) is 0 Å². The molecule has 0 saturated carbocycles. The molecule has 0 radical (unpaired) electrons. The van der Waals surface area contributed by atoms with Crippen LogP contribution in [0, 0.1) is 0 Å². The molecular formula is C18H32O16. The lowest BCUT2D eigenvalue weighted by Crippen LogP contribution is -2.65. The van der Waals surface area contributed by atoms with Gasteiger partial charge >= 0.3 is 0 Å². The van der Waals surface area contributed by atoms with Crippen molar-refractivity contribution in [1.29, 1.82) is 0 Å². The van der Waals surface area contributed by atoms with E-state index in [4.69, 9.17) is 23.7 Å². The van der Waals surface area contributed by atoms with Gasteiger partial charge in [0.2, 0.25) is 0 Å². The Labute approximate surface area is 192 Å². The quantitative estimate of drug-likeness (QED) is 0.154. The number of ether oxygens (including phenoxy) is 5. The first-order valence-electron chi connectivity index (χ1n) is 10.6. The molecule has 0 unspecified atom stereocenters. The summed E-state index contributed by atoms with van der Waals surface area (Å²) in [6.07, 6.45) is -25.0. The molecule has 0 aliphatic carbocycles. The van der Waals surface area contributed by atoms with Crippen LogP contribution in [0.15, 0.2) is 0 Å². The van der Waals surface area contributed by atoms with Crippen molar-refractivity contribution in [2.45, 2.75) is 92.1 Å². The molecule has 3 fully saturated rings. The third kappa shape index (κ3) is 5.52. The first-order chi connectivity index (χ1) is 16.0. The highest BCUT2D eigenvalue weighted by Gasteiger charge is 2.51. The van der Waals surface area contributed by atoms with Crippen LogP contribution in [0.4, 0.5) is 0 Å². The molecule has 200 valence electrons. The summed E-state index contributed by atoms with van der Waals surface area (Å²) < 4.78 is 26.4. The topological polar surface area (TPSA) is 269 Å². The zero-order valence-electron chi connectivity index (χ0n) is 17.7. The maximum atomic E-state index is 10.4. The smallest absolute Gasteiger partial charge is 0.187 e. The van der Waals surface area contributed by atoms with E-state index >= 15 is 0 Å². The number of rotatable bonds is 7. The summed E-state index contributed by atoms with van der Waals surface area (Å²) in [6.45, 7) is -2.08. The zero-order chi connectivity index (χ0) is 25.3. The summed E-state index contributed by atoms with van der Waals surface area (Å²) in [5, 5.41) is 109.